The Labute approximate surface area is 94.4 Å². The van der Waals surface area contributed by atoms with E-state index in [-0.39, 0.29) is 0 Å². The number of rotatable bonds is 3. The quantitative estimate of drug-likeness (QED) is 0.721. The number of nitroso groups, excluding NO2 is 1. The Balaban J connectivity index is 2.15. The third-order valence-electron chi connectivity index (χ3n) is 2.36. The largest absolute Gasteiger partial charge is 0.342 e. The van der Waals surface area contributed by atoms with Crippen LogP contribution in [0.1, 0.15) is 5.56 Å². The summed E-state index contributed by atoms with van der Waals surface area (Å²) in [4.78, 5) is 12.2. The summed E-state index contributed by atoms with van der Waals surface area (Å²) in [6.07, 6.45) is 8.95. The summed E-state index contributed by atoms with van der Waals surface area (Å²) < 4.78 is 0. The number of allylic oxidation sites excluding steroid dienone is 3. The Kier molecular flexibility index (Phi) is 3.28. The van der Waals surface area contributed by atoms with Crippen LogP contribution < -0.4 is 0 Å². The summed E-state index contributed by atoms with van der Waals surface area (Å²) >= 11 is 0. The standard InChI is InChI=1S/C13H12N2O/c16-14-10-13-8-4-5-9-15(13)11-12-6-2-1-3-7-12/h1-10H,11H2/b13-10+. The first-order chi connectivity index (χ1) is 7.90. The summed E-state index contributed by atoms with van der Waals surface area (Å²) in [5.74, 6) is 0. The predicted octanol–water partition coefficient (Wildman–Crippen LogP) is 3.18. The average Bonchev–Trinajstić information content (AvgIpc) is 2.33. The van der Waals surface area contributed by atoms with Crippen LogP contribution in [0.3, 0.4) is 0 Å². The molecule has 1 aliphatic heterocycles. The minimum absolute atomic E-state index is 0.739. The van der Waals surface area contributed by atoms with Gasteiger partial charge in [0.25, 0.3) is 0 Å². The molecule has 0 aliphatic carbocycles. The van der Waals surface area contributed by atoms with Crippen LogP contribution in [-0.2, 0) is 6.54 Å². The van der Waals surface area contributed by atoms with Gasteiger partial charge in [0.15, 0.2) is 0 Å². The fourth-order valence-electron chi connectivity index (χ4n) is 1.58. The van der Waals surface area contributed by atoms with E-state index in [1.165, 1.54) is 11.8 Å². The van der Waals surface area contributed by atoms with Crippen LogP contribution in [0.4, 0.5) is 0 Å². The van der Waals surface area contributed by atoms with Gasteiger partial charge in [0.2, 0.25) is 0 Å². The van der Waals surface area contributed by atoms with Gasteiger partial charge in [0.05, 0.1) is 11.9 Å². The second-order valence-electron chi connectivity index (χ2n) is 3.47. The molecule has 1 aromatic rings. The van der Waals surface area contributed by atoms with Crippen molar-refractivity contribution in [2.75, 3.05) is 0 Å². The monoisotopic (exact) mass is 212 g/mol. The Bertz CT molecular complexity index is 446. The normalized spacial score (nSPS) is 16.8. The number of benzene rings is 1. The van der Waals surface area contributed by atoms with Crippen molar-refractivity contribution in [2.45, 2.75) is 6.54 Å². The zero-order chi connectivity index (χ0) is 11.2. The molecule has 0 spiro atoms. The van der Waals surface area contributed by atoms with Crippen LogP contribution >= 0.6 is 0 Å². The molecule has 1 aromatic carbocycles. The molecular weight excluding hydrogens is 200 g/mol. The van der Waals surface area contributed by atoms with Crippen molar-refractivity contribution < 1.29 is 0 Å². The first kappa shape index (κ1) is 10.4. The van der Waals surface area contributed by atoms with Gasteiger partial charge in [-0.25, -0.2) is 0 Å². The van der Waals surface area contributed by atoms with Gasteiger partial charge in [-0.2, -0.15) is 0 Å². The SMILES string of the molecule is O=N/C=C1\C=CC=CN1Cc1ccccc1. The van der Waals surface area contributed by atoms with Crippen LogP contribution in [-0.4, -0.2) is 4.90 Å². The third kappa shape index (κ3) is 2.45. The van der Waals surface area contributed by atoms with Gasteiger partial charge >= 0.3 is 0 Å². The molecule has 1 aliphatic rings. The summed E-state index contributed by atoms with van der Waals surface area (Å²) in [6.45, 7) is 0.739. The molecule has 16 heavy (non-hydrogen) atoms. The minimum atomic E-state index is 0.739. The molecule has 0 saturated carbocycles. The second-order valence-corrected chi connectivity index (χ2v) is 3.47. The lowest BCUT2D eigenvalue weighted by Gasteiger charge is -2.22. The smallest absolute Gasteiger partial charge is 0.0951 e. The molecule has 80 valence electrons. The zero-order valence-electron chi connectivity index (χ0n) is 8.78. The second kappa shape index (κ2) is 5.07. The molecule has 3 nitrogen and oxygen atoms in total. The highest BCUT2D eigenvalue weighted by molar-refractivity contribution is 5.29. The summed E-state index contributed by atoms with van der Waals surface area (Å²) in [5, 5.41) is 2.81. The fraction of sp³-hybridized carbons (Fsp3) is 0.0769. The molecule has 0 aromatic heterocycles. The molecule has 0 atom stereocenters. The van der Waals surface area contributed by atoms with E-state index in [0.29, 0.717) is 0 Å². The molecule has 2 rings (SSSR count). The lowest BCUT2D eigenvalue weighted by atomic mass is 10.2. The number of nitrogens with zero attached hydrogens (tertiary/aromatic N) is 2. The summed E-state index contributed by atoms with van der Waals surface area (Å²) in [5.41, 5.74) is 2.00. The molecule has 0 bridgehead atoms. The zero-order valence-corrected chi connectivity index (χ0v) is 8.78. The number of hydrogen-bond donors (Lipinski definition) is 0. The summed E-state index contributed by atoms with van der Waals surface area (Å²) in [6, 6.07) is 10.1. The first-order valence-electron chi connectivity index (χ1n) is 5.08. The Morgan fingerprint density at radius 2 is 2.00 bits per heavy atom. The van der Waals surface area contributed by atoms with E-state index in [0.717, 1.165) is 12.2 Å². The van der Waals surface area contributed by atoms with Gasteiger partial charge in [0, 0.05) is 12.7 Å². The lowest BCUT2D eigenvalue weighted by Crippen LogP contribution is -2.16. The molecule has 3 heteroatoms. The highest BCUT2D eigenvalue weighted by Crippen LogP contribution is 2.16. The van der Waals surface area contributed by atoms with Crippen molar-refractivity contribution in [1.29, 1.82) is 0 Å². The van der Waals surface area contributed by atoms with Gasteiger partial charge in [0.1, 0.15) is 0 Å². The maximum absolute atomic E-state index is 10.3. The van der Waals surface area contributed by atoms with E-state index in [4.69, 9.17) is 0 Å². The molecule has 1 heterocycles. The van der Waals surface area contributed by atoms with Gasteiger partial charge in [-0.15, -0.1) is 4.91 Å². The van der Waals surface area contributed by atoms with Crippen molar-refractivity contribution in [2.24, 2.45) is 5.18 Å². The molecule has 0 unspecified atom stereocenters. The van der Waals surface area contributed by atoms with E-state index in [1.54, 1.807) is 0 Å². The van der Waals surface area contributed by atoms with E-state index >= 15 is 0 Å². The fourth-order valence-corrected chi connectivity index (χ4v) is 1.58. The van der Waals surface area contributed by atoms with Crippen molar-refractivity contribution >= 4 is 0 Å². The van der Waals surface area contributed by atoms with Crippen LogP contribution in [0.25, 0.3) is 0 Å². The van der Waals surface area contributed by atoms with E-state index in [9.17, 15) is 4.91 Å². The molecule has 0 amide bonds. The van der Waals surface area contributed by atoms with E-state index < -0.39 is 0 Å². The summed E-state index contributed by atoms with van der Waals surface area (Å²) in [7, 11) is 0. The Morgan fingerprint density at radius 3 is 2.75 bits per heavy atom. The molecule has 0 radical (unpaired) electrons. The predicted molar refractivity (Wildman–Crippen MR) is 64.1 cm³/mol. The van der Waals surface area contributed by atoms with Gasteiger partial charge < -0.3 is 4.90 Å². The Morgan fingerprint density at radius 1 is 1.19 bits per heavy atom. The highest BCUT2D eigenvalue weighted by Gasteiger charge is 2.07. The first-order valence-corrected chi connectivity index (χ1v) is 5.08. The maximum atomic E-state index is 10.3. The maximum Gasteiger partial charge on any atom is 0.0951 e. The van der Waals surface area contributed by atoms with Gasteiger partial charge in [-0.05, 0) is 22.9 Å². The molecule has 0 saturated heterocycles. The van der Waals surface area contributed by atoms with Crippen molar-refractivity contribution in [1.82, 2.24) is 4.90 Å². The lowest BCUT2D eigenvalue weighted by molar-refractivity contribution is 0.468. The highest BCUT2D eigenvalue weighted by atomic mass is 16.2. The van der Waals surface area contributed by atoms with Crippen molar-refractivity contribution in [3.8, 4) is 0 Å². The molecule has 0 fully saturated rings. The molecule has 0 N–H and O–H groups in total. The van der Waals surface area contributed by atoms with Crippen LogP contribution in [0.2, 0.25) is 0 Å². The Hall–Kier alpha value is -2.16. The van der Waals surface area contributed by atoms with Crippen molar-refractivity contribution in [3.63, 3.8) is 0 Å². The van der Waals surface area contributed by atoms with Gasteiger partial charge in [-0.3, -0.25) is 0 Å². The van der Waals surface area contributed by atoms with E-state index in [1.807, 2.05) is 47.5 Å². The van der Waals surface area contributed by atoms with E-state index in [2.05, 4.69) is 17.3 Å². The van der Waals surface area contributed by atoms with Crippen molar-refractivity contribution in [3.05, 3.63) is 77.1 Å². The van der Waals surface area contributed by atoms with Crippen LogP contribution in [0.5, 0.6) is 0 Å². The topological polar surface area (TPSA) is 32.7 Å². The van der Waals surface area contributed by atoms with Crippen LogP contribution in [0.15, 0.2) is 71.8 Å². The minimum Gasteiger partial charge on any atom is -0.342 e. The van der Waals surface area contributed by atoms with Crippen LogP contribution in [0, 0.1) is 4.91 Å². The molecular formula is C13H12N2O. The van der Waals surface area contributed by atoms with Gasteiger partial charge in [-0.1, -0.05) is 36.4 Å². The number of hydrogen-bond acceptors (Lipinski definition) is 3. The third-order valence-corrected chi connectivity index (χ3v) is 2.36. The average molecular weight is 212 g/mol.